The maximum absolute atomic E-state index is 5.47. The Balaban J connectivity index is 1.81. The molecule has 0 aliphatic carbocycles. The van der Waals surface area contributed by atoms with Gasteiger partial charge in [-0.3, -0.25) is 4.68 Å². The van der Waals surface area contributed by atoms with Gasteiger partial charge in [0.15, 0.2) is 0 Å². The molecular formula is C12H18N4O. The first-order valence-corrected chi connectivity index (χ1v) is 5.79. The van der Waals surface area contributed by atoms with Crippen molar-refractivity contribution in [2.75, 3.05) is 6.54 Å². The summed E-state index contributed by atoms with van der Waals surface area (Å²) in [6.45, 7) is 4.83. The van der Waals surface area contributed by atoms with Gasteiger partial charge in [0.1, 0.15) is 5.76 Å². The molecule has 2 heterocycles. The third-order valence-corrected chi connectivity index (χ3v) is 2.76. The van der Waals surface area contributed by atoms with Crippen molar-refractivity contribution in [3.63, 3.8) is 0 Å². The molecule has 2 aromatic heterocycles. The molecule has 1 atom stereocenters. The average molecular weight is 234 g/mol. The largest absolute Gasteiger partial charge is 0.444 e. The lowest BCUT2D eigenvalue weighted by Gasteiger charge is -2.10. The lowest BCUT2D eigenvalue weighted by atomic mass is 10.2. The van der Waals surface area contributed by atoms with Crippen LogP contribution >= 0.6 is 0 Å². The molecule has 0 spiro atoms. The lowest BCUT2D eigenvalue weighted by Crippen LogP contribution is -2.22. The van der Waals surface area contributed by atoms with E-state index < -0.39 is 0 Å². The Bertz CT molecular complexity index is 474. The summed E-state index contributed by atoms with van der Waals surface area (Å²) in [5.74, 6) is 1.59. The van der Waals surface area contributed by atoms with Gasteiger partial charge in [0, 0.05) is 31.9 Å². The molecular weight excluding hydrogens is 216 g/mol. The molecule has 1 N–H and O–H groups in total. The second kappa shape index (κ2) is 5.14. The second-order valence-corrected chi connectivity index (χ2v) is 4.18. The van der Waals surface area contributed by atoms with Crippen LogP contribution < -0.4 is 5.32 Å². The van der Waals surface area contributed by atoms with Crippen LogP contribution in [0.5, 0.6) is 0 Å². The number of hydrogen-bond acceptors (Lipinski definition) is 4. The van der Waals surface area contributed by atoms with E-state index >= 15 is 0 Å². The van der Waals surface area contributed by atoms with Crippen molar-refractivity contribution in [1.29, 1.82) is 0 Å². The topological polar surface area (TPSA) is 55.9 Å². The lowest BCUT2D eigenvalue weighted by molar-refractivity contribution is 0.403. The van der Waals surface area contributed by atoms with Crippen LogP contribution in [0.3, 0.4) is 0 Å². The van der Waals surface area contributed by atoms with E-state index in [-0.39, 0.29) is 6.04 Å². The van der Waals surface area contributed by atoms with Crippen LogP contribution in [0, 0.1) is 6.92 Å². The van der Waals surface area contributed by atoms with Crippen LogP contribution in [0.1, 0.15) is 30.3 Å². The fourth-order valence-electron chi connectivity index (χ4n) is 1.72. The Hall–Kier alpha value is -1.62. The fraction of sp³-hybridized carbons (Fsp3) is 0.500. The zero-order chi connectivity index (χ0) is 12.3. The smallest absolute Gasteiger partial charge is 0.211 e. The van der Waals surface area contributed by atoms with E-state index in [4.69, 9.17) is 4.42 Å². The first-order chi connectivity index (χ1) is 8.16. The van der Waals surface area contributed by atoms with Gasteiger partial charge in [0.25, 0.3) is 0 Å². The predicted molar refractivity (Wildman–Crippen MR) is 64.6 cm³/mol. The summed E-state index contributed by atoms with van der Waals surface area (Å²) >= 11 is 0. The molecule has 0 amide bonds. The fourth-order valence-corrected chi connectivity index (χ4v) is 1.72. The van der Waals surface area contributed by atoms with Gasteiger partial charge in [0.2, 0.25) is 5.89 Å². The first-order valence-electron chi connectivity index (χ1n) is 5.79. The van der Waals surface area contributed by atoms with E-state index in [1.54, 1.807) is 6.20 Å². The normalized spacial score (nSPS) is 12.9. The Morgan fingerprint density at radius 3 is 2.94 bits per heavy atom. The molecule has 0 aliphatic rings. The minimum Gasteiger partial charge on any atom is -0.444 e. The van der Waals surface area contributed by atoms with Crippen molar-refractivity contribution in [3.05, 3.63) is 35.8 Å². The van der Waals surface area contributed by atoms with Gasteiger partial charge >= 0.3 is 0 Å². The molecule has 0 aliphatic heterocycles. The third kappa shape index (κ3) is 2.94. The highest BCUT2D eigenvalue weighted by Crippen LogP contribution is 2.11. The van der Waals surface area contributed by atoms with Crippen molar-refractivity contribution in [1.82, 2.24) is 20.1 Å². The van der Waals surface area contributed by atoms with Crippen molar-refractivity contribution < 1.29 is 4.42 Å². The molecule has 2 rings (SSSR count). The molecule has 1 unspecified atom stereocenters. The monoisotopic (exact) mass is 234 g/mol. The van der Waals surface area contributed by atoms with Crippen molar-refractivity contribution >= 4 is 0 Å². The molecule has 0 aromatic carbocycles. The maximum Gasteiger partial charge on any atom is 0.211 e. The summed E-state index contributed by atoms with van der Waals surface area (Å²) in [6.07, 6.45) is 4.51. The van der Waals surface area contributed by atoms with E-state index in [2.05, 4.69) is 22.3 Å². The summed E-state index contributed by atoms with van der Waals surface area (Å²) in [6, 6.07) is 2.17. The summed E-state index contributed by atoms with van der Waals surface area (Å²) in [5.41, 5.74) is 1.22. The molecule has 17 heavy (non-hydrogen) atoms. The van der Waals surface area contributed by atoms with Gasteiger partial charge in [-0.25, -0.2) is 4.98 Å². The quantitative estimate of drug-likeness (QED) is 0.854. The third-order valence-electron chi connectivity index (χ3n) is 2.76. The Morgan fingerprint density at radius 1 is 1.53 bits per heavy atom. The summed E-state index contributed by atoms with van der Waals surface area (Å²) in [7, 11) is 1.95. The number of hydrogen-bond donors (Lipinski definition) is 1. The standard InChI is InChI=1S/C12H18N4O/c1-9-8-14-12(17-9)10(2)13-6-4-11-5-7-15-16(11)3/h5,7-8,10,13H,4,6H2,1-3H3. The van der Waals surface area contributed by atoms with E-state index in [0.717, 1.165) is 24.6 Å². The molecule has 0 bridgehead atoms. The van der Waals surface area contributed by atoms with Crippen LogP contribution in [0.4, 0.5) is 0 Å². The highest BCUT2D eigenvalue weighted by molar-refractivity contribution is 5.01. The van der Waals surface area contributed by atoms with E-state index in [0.29, 0.717) is 0 Å². The van der Waals surface area contributed by atoms with Gasteiger partial charge in [0.05, 0.1) is 12.2 Å². The molecule has 5 heteroatoms. The molecule has 0 fully saturated rings. The molecule has 92 valence electrons. The van der Waals surface area contributed by atoms with Crippen LogP contribution in [0.15, 0.2) is 22.9 Å². The molecule has 0 radical (unpaired) electrons. The SMILES string of the molecule is Cc1cnc(C(C)NCCc2ccnn2C)o1. The van der Waals surface area contributed by atoms with Crippen LogP contribution in [-0.4, -0.2) is 21.3 Å². The van der Waals surface area contributed by atoms with E-state index in [9.17, 15) is 0 Å². The Labute approximate surface area is 101 Å². The highest BCUT2D eigenvalue weighted by atomic mass is 16.4. The van der Waals surface area contributed by atoms with Gasteiger partial charge in [-0.1, -0.05) is 0 Å². The molecule has 0 saturated heterocycles. The molecule has 5 nitrogen and oxygen atoms in total. The first kappa shape index (κ1) is 11.9. The number of oxazole rings is 1. The summed E-state index contributed by atoms with van der Waals surface area (Å²) in [4.78, 5) is 4.20. The van der Waals surface area contributed by atoms with Crippen LogP contribution in [0.25, 0.3) is 0 Å². The summed E-state index contributed by atoms with van der Waals surface area (Å²) < 4.78 is 7.36. The van der Waals surface area contributed by atoms with Gasteiger partial charge in [-0.15, -0.1) is 0 Å². The van der Waals surface area contributed by atoms with Gasteiger partial charge < -0.3 is 9.73 Å². The van der Waals surface area contributed by atoms with E-state index in [1.807, 2.05) is 30.9 Å². The number of aromatic nitrogens is 3. The van der Waals surface area contributed by atoms with Crippen molar-refractivity contribution in [2.45, 2.75) is 26.3 Å². The summed E-state index contributed by atoms with van der Waals surface area (Å²) in [5, 5.41) is 7.51. The van der Waals surface area contributed by atoms with Crippen molar-refractivity contribution in [2.24, 2.45) is 7.05 Å². The number of rotatable bonds is 5. The number of nitrogens with one attached hydrogen (secondary N) is 1. The van der Waals surface area contributed by atoms with Gasteiger partial charge in [-0.2, -0.15) is 5.10 Å². The van der Waals surface area contributed by atoms with Crippen LogP contribution in [-0.2, 0) is 13.5 Å². The predicted octanol–water partition coefficient (Wildman–Crippen LogP) is 1.61. The zero-order valence-corrected chi connectivity index (χ0v) is 10.5. The number of nitrogens with zero attached hydrogens (tertiary/aromatic N) is 3. The average Bonchev–Trinajstić information content (AvgIpc) is 2.88. The van der Waals surface area contributed by atoms with Crippen LogP contribution in [0.2, 0.25) is 0 Å². The number of aryl methyl sites for hydroxylation is 2. The molecule has 2 aromatic rings. The maximum atomic E-state index is 5.47. The minimum absolute atomic E-state index is 0.136. The van der Waals surface area contributed by atoms with Crippen molar-refractivity contribution in [3.8, 4) is 0 Å². The van der Waals surface area contributed by atoms with Gasteiger partial charge in [-0.05, 0) is 19.9 Å². The Morgan fingerprint density at radius 2 is 2.35 bits per heavy atom. The Kier molecular flexibility index (Phi) is 3.58. The second-order valence-electron chi connectivity index (χ2n) is 4.18. The highest BCUT2D eigenvalue weighted by Gasteiger charge is 2.10. The minimum atomic E-state index is 0.136. The zero-order valence-electron chi connectivity index (χ0n) is 10.5. The molecule has 0 saturated carbocycles. The van der Waals surface area contributed by atoms with E-state index in [1.165, 1.54) is 5.69 Å².